The second-order valence-corrected chi connectivity index (χ2v) is 5.59. The lowest BCUT2D eigenvalue weighted by Gasteiger charge is -2.37. The summed E-state index contributed by atoms with van der Waals surface area (Å²) >= 11 is 0. The van der Waals surface area contributed by atoms with Crippen LogP contribution in [-0.4, -0.2) is 19.8 Å². The minimum absolute atomic E-state index is 0.485. The highest BCUT2D eigenvalue weighted by atomic mass is 16.5. The molecule has 1 unspecified atom stereocenters. The maximum absolute atomic E-state index is 5.65. The van der Waals surface area contributed by atoms with Crippen molar-refractivity contribution in [2.24, 2.45) is 5.92 Å². The van der Waals surface area contributed by atoms with Crippen molar-refractivity contribution in [3.63, 3.8) is 0 Å². The number of hydrogen-bond acceptors (Lipinski definition) is 2. The van der Waals surface area contributed by atoms with Gasteiger partial charge in [-0.05, 0) is 56.7 Å². The second-order valence-electron chi connectivity index (χ2n) is 5.59. The van der Waals surface area contributed by atoms with Gasteiger partial charge in [-0.1, -0.05) is 31.2 Å². The average molecular weight is 261 g/mol. The van der Waals surface area contributed by atoms with E-state index in [1.165, 1.54) is 30.4 Å². The molecule has 0 radical (unpaired) electrons. The van der Waals surface area contributed by atoms with E-state index in [0.717, 1.165) is 18.9 Å². The van der Waals surface area contributed by atoms with Crippen molar-refractivity contribution in [2.45, 2.75) is 51.7 Å². The topological polar surface area (TPSA) is 21.3 Å². The zero-order chi connectivity index (χ0) is 13.7. The third-order valence-corrected chi connectivity index (χ3v) is 4.27. The van der Waals surface area contributed by atoms with E-state index >= 15 is 0 Å². The lowest BCUT2D eigenvalue weighted by atomic mass is 9.77. The zero-order valence-corrected chi connectivity index (χ0v) is 12.5. The van der Waals surface area contributed by atoms with Crippen molar-refractivity contribution in [1.29, 1.82) is 0 Å². The van der Waals surface area contributed by atoms with Crippen LogP contribution in [0, 0.1) is 5.92 Å². The Morgan fingerprint density at radius 2 is 2.11 bits per heavy atom. The molecule has 1 aliphatic carbocycles. The molecule has 106 valence electrons. The lowest BCUT2D eigenvalue weighted by molar-refractivity contribution is -0.0289. The molecular weight excluding hydrogens is 234 g/mol. The first-order valence-corrected chi connectivity index (χ1v) is 7.64. The number of hydrogen-bond donors (Lipinski definition) is 1. The molecule has 19 heavy (non-hydrogen) atoms. The molecule has 1 aromatic carbocycles. The quantitative estimate of drug-likeness (QED) is 0.808. The third kappa shape index (κ3) is 3.80. The first-order valence-electron chi connectivity index (χ1n) is 7.64. The van der Waals surface area contributed by atoms with Gasteiger partial charge in [0, 0.05) is 12.6 Å². The first-order chi connectivity index (χ1) is 9.26. The summed E-state index contributed by atoms with van der Waals surface area (Å²) in [4.78, 5) is 0. The molecule has 1 aliphatic rings. The van der Waals surface area contributed by atoms with Gasteiger partial charge in [0.15, 0.2) is 0 Å². The van der Waals surface area contributed by atoms with Crippen LogP contribution in [0.4, 0.5) is 0 Å². The van der Waals surface area contributed by atoms with E-state index in [0.29, 0.717) is 12.1 Å². The molecule has 0 bridgehead atoms. The van der Waals surface area contributed by atoms with Crippen molar-refractivity contribution in [3.05, 3.63) is 35.4 Å². The Bertz CT molecular complexity index is 385. The SMILES string of the molecule is CCOC1CC(CC(NC)c2cccc(CC)c2)C1. The largest absolute Gasteiger partial charge is 0.378 e. The number of ether oxygens (including phenoxy) is 1. The zero-order valence-electron chi connectivity index (χ0n) is 12.5. The van der Waals surface area contributed by atoms with Crippen molar-refractivity contribution in [3.8, 4) is 0 Å². The van der Waals surface area contributed by atoms with Crippen LogP contribution in [0.15, 0.2) is 24.3 Å². The minimum atomic E-state index is 0.485. The summed E-state index contributed by atoms with van der Waals surface area (Å²) in [6.45, 7) is 5.15. The third-order valence-electron chi connectivity index (χ3n) is 4.27. The van der Waals surface area contributed by atoms with E-state index in [1.54, 1.807) is 0 Å². The standard InChI is InChI=1S/C17H27NO/c1-4-13-7-6-8-15(9-13)17(18-3)12-14-10-16(11-14)19-5-2/h6-9,14,16-18H,4-5,10-12H2,1-3H3. The Kier molecular flexibility index (Phi) is 5.41. The monoisotopic (exact) mass is 261 g/mol. The maximum atomic E-state index is 5.65. The van der Waals surface area contributed by atoms with Crippen molar-refractivity contribution < 1.29 is 4.74 Å². The number of aryl methyl sites for hydroxylation is 1. The highest BCUT2D eigenvalue weighted by molar-refractivity contribution is 5.26. The average Bonchev–Trinajstić information content (AvgIpc) is 2.41. The molecule has 1 fully saturated rings. The van der Waals surface area contributed by atoms with Crippen LogP contribution >= 0.6 is 0 Å². The Balaban J connectivity index is 1.90. The lowest BCUT2D eigenvalue weighted by Crippen LogP contribution is -2.34. The van der Waals surface area contributed by atoms with E-state index in [1.807, 2.05) is 0 Å². The summed E-state index contributed by atoms with van der Waals surface area (Å²) in [5, 5.41) is 3.47. The van der Waals surface area contributed by atoms with Crippen LogP contribution in [0.1, 0.15) is 50.3 Å². The smallest absolute Gasteiger partial charge is 0.0580 e. The van der Waals surface area contributed by atoms with Crippen LogP contribution in [0.5, 0.6) is 0 Å². The van der Waals surface area contributed by atoms with Crippen LogP contribution in [0.3, 0.4) is 0 Å². The van der Waals surface area contributed by atoms with Crippen molar-refractivity contribution in [2.75, 3.05) is 13.7 Å². The number of rotatable bonds is 7. The van der Waals surface area contributed by atoms with Crippen LogP contribution in [0.25, 0.3) is 0 Å². The predicted octanol–water partition coefficient (Wildman–Crippen LogP) is 3.71. The Hall–Kier alpha value is -0.860. The molecule has 2 rings (SSSR count). The molecule has 1 N–H and O–H groups in total. The molecule has 2 nitrogen and oxygen atoms in total. The van der Waals surface area contributed by atoms with Gasteiger partial charge in [-0.15, -0.1) is 0 Å². The van der Waals surface area contributed by atoms with Crippen LogP contribution in [0.2, 0.25) is 0 Å². The first kappa shape index (κ1) is 14.5. The summed E-state index contributed by atoms with van der Waals surface area (Å²) in [6.07, 6.45) is 5.33. The summed E-state index contributed by atoms with van der Waals surface area (Å²) in [5.74, 6) is 0.819. The van der Waals surface area contributed by atoms with Crippen molar-refractivity contribution >= 4 is 0 Å². The van der Waals surface area contributed by atoms with Gasteiger partial charge in [0.2, 0.25) is 0 Å². The van der Waals surface area contributed by atoms with Crippen molar-refractivity contribution in [1.82, 2.24) is 5.32 Å². The van der Waals surface area contributed by atoms with Crippen LogP contribution < -0.4 is 5.32 Å². The van der Waals surface area contributed by atoms with E-state index in [9.17, 15) is 0 Å². The Morgan fingerprint density at radius 3 is 2.74 bits per heavy atom. The molecule has 0 aliphatic heterocycles. The predicted molar refractivity (Wildman–Crippen MR) is 80.4 cm³/mol. The van der Waals surface area contributed by atoms with Gasteiger partial charge >= 0.3 is 0 Å². The van der Waals surface area contributed by atoms with Gasteiger partial charge in [-0.2, -0.15) is 0 Å². The van der Waals surface area contributed by atoms with Gasteiger partial charge in [0.25, 0.3) is 0 Å². The molecule has 2 heteroatoms. The summed E-state index contributed by atoms with van der Waals surface area (Å²) in [5.41, 5.74) is 2.86. The van der Waals surface area contributed by atoms with Gasteiger partial charge in [-0.3, -0.25) is 0 Å². The molecule has 0 heterocycles. The summed E-state index contributed by atoms with van der Waals surface area (Å²) in [7, 11) is 2.07. The van der Waals surface area contributed by atoms with Crippen LogP contribution in [-0.2, 0) is 11.2 Å². The fraction of sp³-hybridized carbons (Fsp3) is 0.647. The minimum Gasteiger partial charge on any atom is -0.378 e. The molecular formula is C17H27NO. The van der Waals surface area contributed by atoms with E-state index in [-0.39, 0.29) is 0 Å². The van der Waals surface area contributed by atoms with Gasteiger partial charge in [-0.25, -0.2) is 0 Å². The molecule has 0 aromatic heterocycles. The van der Waals surface area contributed by atoms with E-state index < -0.39 is 0 Å². The molecule has 0 spiro atoms. The van der Waals surface area contributed by atoms with Gasteiger partial charge in [0.1, 0.15) is 0 Å². The number of benzene rings is 1. The molecule has 0 amide bonds. The van der Waals surface area contributed by atoms with E-state index in [4.69, 9.17) is 4.74 Å². The number of nitrogens with one attached hydrogen (secondary N) is 1. The highest BCUT2D eigenvalue weighted by Crippen LogP contribution is 2.36. The second kappa shape index (κ2) is 7.06. The summed E-state index contributed by atoms with van der Waals surface area (Å²) in [6, 6.07) is 9.48. The molecule has 1 saturated carbocycles. The van der Waals surface area contributed by atoms with Gasteiger partial charge in [0.05, 0.1) is 6.10 Å². The molecule has 0 saturated heterocycles. The fourth-order valence-electron chi connectivity index (χ4n) is 3.02. The Labute approximate surface area is 117 Å². The van der Waals surface area contributed by atoms with Gasteiger partial charge < -0.3 is 10.1 Å². The summed E-state index contributed by atoms with van der Waals surface area (Å²) < 4.78 is 5.65. The normalized spacial score (nSPS) is 23.9. The molecule has 1 aromatic rings. The highest BCUT2D eigenvalue weighted by Gasteiger charge is 2.31. The molecule has 1 atom stereocenters. The maximum Gasteiger partial charge on any atom is 0.0580 e. The fourth-order valence-corrected chi connectivity index (χ4v) is 3.02. The Morgan fingerprint density at radius 1 is 1.32 bits per heavy atom. The van der Waals surface area contributed by atoms with E-state index in [2.05, 4.69) is 50.5 Å².